The third-order valence-electron chi connectivity index (χ3n) is 3.92. The average molecular weight is 399 g/mol. The second kappa shape index (κ2) is 6.25. The van der Waals surface area contributed by atoms with Gasteiger partial charge in [-0.15, -0.1) is 0 Å². The molecule has 0 N–H and O–H groups in total. The fourth-order valence-corrected chi connectivity index (χ4v) is 2.91. The predicted molar refractivity (Wildman–Crippen MR) is 96.3 cm³/mol. The average Bonchev–Trinajstić information content (AvgIpc) is 3.05. The number of rotatable bonds is 3. The molecule has 5 nitrogen and oxygen atoms in total. The Morgan fingerprint density at radius 2 is 1.84 bits per heavy atom. The smallest absolute Gasteiger partial charge is 0.264 e. The zero-order valence-electron chi connectivity index (χ0n) is 12.9. The lowest BCUT2D eigenvalue weighted by atomic mass is 10.2. The molecule has 0 aliphatic rings. The van der Waals surface area contributed by atoms with Gasteiger partial charge in [0, 0.05) is 10.0 Å². The standard InChI is InChI=1S/C18H12BrFN4O/c19-13-5-7-14(8-6-13)24-17-15(9-22-24)18(25)23(11-21-17)10-12-3-1-2-4-16(12)20/h1-9,11H,10H2. The van der Waals surface area contributed by atoms with E-state index in [4.69, 9.17) is 0 Å². The summed E-state index contributed by atoms with van der Waals surface area (Å²) in [6.07, 6.45) is 2.92. The van der Waals surface area contributed by atoms with Crippen LogP contribution in [0.4, 0.5) is 4.39 Å². The maximum atomic E-state index is 13.8. The van der Waals surface area contributed by atoms with Gasteiger partial charge in [0.05, 0.1) is 18.4 Å². The van der Waals surface area contributed by atoms with E-state index in [1.165, 1.54) is 23.2 Å². The van der Waals surface area contributed by atoms with Crippen LogP contribution in [-0.2, 0) is 6.54 Å². The lowest BCUT2D eigenvalue weighted by Gasteiger charge is -2.07. The van der Waals surface area contributed by atoms with E-state index < -0.39 is 0 Å². The van der Waals surface area contributed by atoms with Crippen molar-refractivity contribution in [1.29, 1.82) is 0 Å². The molecule has 4 aromatic rings. The SMILES string of the molecule is O=c1c2cnn(-c3ccc(Br)cc3)c2ncn1Cc1ccccc1F. The highest BCUT2D eigenvalue weighted by Gasteiger charge is 2.12. The van der Waals surface area contributed by atoms with E-state index in [9.17, 15) is 9.18 Å². The van der Waals surface area contributed by atoms with Gasteiger partial charge in [0.1, 0.15) is 17.5 Å². The fraction of sp³-hybridized carbons (Fsp3) is 0.0556. The maximum absolute atomic E-state index is 13.8. The highest BCUT2D eigenvalue weighted by Crippen LogP contribution is 2.17. The van der Waals surface area contributed by atoms with Gasteiger partial charge in [-0.25, -0.2) is 14.1 Å². The van der Waals surface area contributed by atoms with E-state index in [2.05, 4.69) is 26.0 Å². The first kappa shape index (κ1) is 15.7. The Hall–Kier alpha value is -2.80. The molecule has 4 rings (SSSR count). The van der Waals surface area contributed by atoms with Crippen molar-refractivity contribution >= 4 is 27.0 Å². The van der Waals surface area contributed by atoms with Gasteiger partial charge in [0.25, 0.3) is 5.56 Å². The van der Waals surface area contributed by atoms with Gasteiger partial charge < -0.3 is 0 Å². The molecule has 7 heteroatoms. The van der Waals surface area contributed by atoms with E-state index in [1.807, 2.05) is 24.3 Å². The Kier molecular flexibility index (Phi) is 3.93. The predicted octanol–water partition coefficient (Wildman–Crippen LogP) is 3.53. The second-order valence-corrected chi connectivity index (χ2v) is 6.45. The van der Waals surface area contributed by atoms with Crippen LogP contribution in [0.15, 0.2) is 70.3 Å². The molecule has 0 saturated carbocycles. The third kappa shape index (κ3) is 2.87. The van der Waals surface area contributed by atoms with Crippen molar-refractivity contribution in [2.45, 2.75) is 6.54 Å². The summed E-state index contributed by atoms with van der Waals surface area (Å²) < 4.78 is 17.8. The van der Waals surface area contributed by atoms with Gasteiger partial charge in [-0.2, -0.15) is 5.10 Å². The molecule has 124 valence electrons. The van der Waals surface area contributed by atoms with Crippen LogP contribution < -0.4 is 5.56 Å². The summed E-state index contributed by atoms with van der Waals surface area (Å²) in [4.78, 5) is 17.0. The summed E-state index contributed by atoms with van der Waals surface area (Å²) in [6, 6.07) is 13.9. The van der Waals surface area contributed by atoms with Crippen molar-refractivity contribution in [1.82, 2.24) is 19.3 Å². The molecule has 2 aromatic carbocycles. The molecule has 0 fully saturated rings. The Labute approximate surface area is 150 Å². The molecule has 0 radical (unpaired) electrons. The molecular weight excluding hydrogens is 387 g/mol. The van der Waals surface area contributed by atoms with Gasteiger partial charge in [-0.05, 0) is 30.3 Å². The minimum atomic E-state index is -0.347. The van der Waals surface area contributed by atoms with Crippen molar-refractivity contribution in [3.05, 3.63) is 87.3 Å². The highest BCUT2D eigenvalue weighted by atomic mass is 79.9. The molecule has 0 saturated heterocycles. The van der Waals surface area contributed by atoms with Gasteiger partial charge in [-0.3, -0.25) is 9.36 Å². The van der Waals surface area contributed by atoms with Crippen LogP contribution in [0.5, 0.6) is 0 Å². The molecular formula is C18H12BrFN4O. The van der Waals surface area contributed by atoms with Crippen LogP contribution in [0, 0.1) is 5.82 Å². The zero-order chi connectivity index (χ0) is 17.4. The normalized spacial score (nSPS) is 11.1. The molecule has 25 heavy (non-hydrogen) atoms. The quantitative estimate of drug-likeness (QED) is 0.530. The Morgan fingerprint density at radius 1 is 1.08 bits per heavy atom. The number of aromatic nitrogens is 4. The Morgan fingerprint density at radius 3 is 2.60 bits per heavy atom. The van der Waals surface area contributed by atoms with Gasteiger partial charge in [-0.1, -0.05) is 34.1 Å². The van der Waals surface area contributed by atoms with Crippen LogP contribution in [-0.4, -0.2) is 19.3 Å². The monoisotopic (exact) mass is 398 g/mol. The summed E-state index contributed by atoms with van der Waals surface area (Å²) in [5.41, 5.74) is 1.46. The molecule has 2 aromatic heterocycles. The van der Waals surface area contributed by atoms with E-state index in [0.29, 0.717) is 16.6 Å². The van der Waals surface area contributed by atoms with Crippen LogP contribution in [0.2, 0.25) is 0 Å². The number of nitrogens with zero attached hydrogens (tertiary/aromatic N) is 4. The van der Waals surface area contributed by atoms with Crippen molar-refractivity contribution in [3.8, 4) is 5.69 Å². The molecule has 0 atom stereocenters. The summed E-state index contributed by atoms with van der Waals surface area (Å²) in [6.45, 7) is 0.123. The van der Waals surface area contributed by atoms with Crippen LogP contribution >= 0.6 is 15.9 Å². The summed E-state index contributed by atoms with van der Waals surface area (Å²) in [5, 5.41) is 4.66. The summed E-state index contributed by atoms with van der Waals surface area (Å²) >= 11 is 3.39. The minimum Gasteiger partial charge on any atom is -0.294 e. The molecule has 0 unspecified atom stereocenters. The largest absolute Gasteiger partial charge is 0.294 e. The van der Waals surface area contributed by atoms with Crippen molar-refractivity contribution in [2.75, 3.05) is 0 Å². The Bertz CT molecular complexity index is 1120. The number of fused-ring (bicyclic) bond motifs is 1. The molecule has 0 amide bonds. The lowest BCUT2D eigenvalue weighted by Crippen LogP contribution is -2.21. The summed E-state index contributed by atoms with van der Waals surface area (Å²) in [5.74, 6) is -0.347. The lowest BCUT2D eigenvalue weighted by molar-refractivity contribution is 0.595. The van der Waals surface area contributed by atoms with Crippen LogP contribution in [0.25, 0.3) is 16.7 Å². The van der Waals surface area contributed by atoms with Crippen molar-refractivity contribution in [3.63, 3.8) is 0 Å². The molecule has 0 aliphatic carbocycles. The van der Waals surface area contributed by atoms with Gasteiger partial charge in [0.2, 0.25) is 0 Å². The van der Waals surface area contributed by atoms with Crippen molar-refractivity contribution < 1.29 is 4.39 Å². The minimum absolute atomic E-state index is 0.123. The van der Waals surface area contributed by atoms with Gasteiger partial charge in [0.15, 0.2) is 5.65 Å². The summed E-state index contributed by atoms with van der Waals surface area (Å²) in [7, 11) is 0. The number of hydrogen-bond acceptors (Lipinski definition) is 3. The highest BCUT2D eigenvalue weighted by molar-refractivity contribution is 9.10. The zero-order valence-corrected chi connectivity index (χ0v) is 14.5. The maximum Gasteiger partial charge on any atom is 0.264 e. The molecule has 0 spiro atoms. The van der Waals surface area contributed by atoms with E-state index >= 15 is 0 Å². The second-order valence-electron chi connectivity index (χ2n) is 5.54. The first-order valence-electron chi connectivity index (χ1n) is 7.56. The van der Waals surface area contributed by atoms with Gasteiger partial charge >= 0.3 is 0 Å². The van der Waals surface area contributed by atoms with E-state index in [0.717, 1.165) is 10.2 Å². The van der Waals surface area contributed by atoms with Crippen LogP contribution in [0.3, 0.4) is 0 Å². The first-order chi connectivity index (χ1) is 12.1. The van der Waals surface area contributed by atoms with E-state index in [-0.39, 0.29) is 17.9 Å². The Balaban J connectivity index is 1.78. The van der Waals surface area contributed by atoms with Crippen molar-refractivity contribution in [2.24, 2.45) is 0 Å². The number of halogens is 2. The van der Waals surface area contributed by atoms with Crippen LogP contribution in [0.1, 0.15) is 5.56 Å². The topological polar surface area (TPSA) is 52.7 Å². The van der Waals surface area contributed by atoms with E-state index in [1.54, 1.807) is 22.9 Å². The first-order valence-corrected chi connectivity index (χ1v) is 8.35. The number of hydrogen-bond donors (Lipinski definition) is 0. The molecule has 2 heterocycles. The number of benzene rings is 2. The molecule has 0 bridgehead atoms. The fourth-order valence-electron chi connectivity index (χ4n) is 2.64. The third-order valence-corrected chi connectivity index (χ3v) is 4.45. The molecule has 0 aliphatic heterocycles.